The molecule has 5 nitrogen and oxygen atoms in total. The van der Waals surface area contributed by atoms with E-state index in [1.165, 1.54) is 25.0 Å². The maximum atomic E-state index is 11.9. The number of anilines is 1. The average Bonchev–Trinajstić information content (AvgIpc) is 3.22. The summed E-state index contributed by atoms with van der Waals surface area (Å²) in [6, 6.07) is 5.25. The molecule has 104 valence electrons. The molecule has 1 fully saturated rings. The Morgan fingerprint density at radius 1 is 1.53 bits per heavy atom. The van der Waals surface area contributed by atoms with Crippen LogP contribution in [0.3, 0.4) is 0 Å². The van der Waals surface area contributed by atoms with Crippen molar-refractivity contribution in [2.24, 2.45) is 0 Å². The summed E-state index contributed by atoms with van der Waals surface area (Å²) < 4.78 is 0. The number of carbonyl (C=O) groups is 1. The fourth-order valence-corrected chi connectivity index (χ4v) is 2.14. The molecule has 1 aromatic carbocycles. The molecule has 0 saturated heterocycles. The lowest BCUT2D eigenvalue weighted by atomic mass is 10.2. The van der Waals surface area contributed by atoms with Crippen LogP contribution in [0.1, 0.15) is 30.1 Å². The van der Waals surface area contributed by atoms with Crippen LogP contribution in [0.2, 0.25) is 0 Å². The van der Waals surface area contributed by atoms with Crippen molar-refractivity contribution in [2.75, 3.05) is 25.4 Å². The van der Waals surface area contributed by atoms with E-state index in [-0.39, 0.29) is 17.3 Å². The number of likely N-dealkylation sites (N-methyl/N-ethyl adjacent to an activating group) is 1. The Kier molecular flexibility index (Phi) is 4.27. The molecule has 0 heterocycles. The predicted octanol–water partition coefficient (Wildman–Crippen LogP) is 1.19. The number of carbonyl (C=O) groups excluding carboxylic acids is 1. The van der Waals surface area contributed by atoms with E-state index in [9.17, 15) is 9.90 Å². The van der Waals surface area contributed by atoms with E-state index < -0.39 is 0 Å². The third-order valence-electron chi connectivity index (χ3n) is 3.45. The summed E-state index contributed by atoms with van der Waals surface area (Å²) in [5.74, 6) is -0.233. The van der Waals surface area contributed by atoms with Gasteiger partial charge >= 0.3 is 0 Å². The first-order valence-electron chi connectivity index (χ1n) is 6.72. The second-order valence-corrected chi connectivity index (χ2v) is 4.89. The van der Waals surface area contributed by atoms with E-state index in [0.717, 1.165) is 13.1 Å². The zero-order valence-electron chi connectivity index (χ0n) is 11.2. The van der Waals surface area contributed by atoms with Crippen molar-refractivity contribution in [3.63, 3.8) is 0 Å². The highest BCUT2D eigenvalue weighted by molar-refractivity contribution is 5.95. The molecule has 1 saturated carbocycles. The maximum absolute atomic E-state index is 11.9. The van der Waals surface area contributed by atoms with Crippen molar-refractivity contribution in [1.82, 2.24) is 10.2 Å². The van der Waals surface area contributed by atoms with Crippen molar-refractivity contribution in [3.8, 4) is 5.75 Å². The molecule has 0 aromatic heterocycles. The third kappa shape index (κ3) is 3.61. The Hall–Kier alpha value is -1.75. The number of amides is 1. The predicted molar refractivity (Wildman–Crippen MR) is 75.1 cm³/mol. The largest absolute Gasteiger partial charge is 0.506 e. The highest BCUT2D eigenvalue weighted by Gasteiger charge is 2.27. The van der Waals surface area contributed by atoms with Gasteiger partial charge in [-0.15, -0.1) is 0 Å². The minimum Gasteiger partial charge on any atom is -0.506 e. The Morgan fingerprint density at radius 2 is 2.26 bits per heavy atom. The number of rotatable bonds is 6. The number of nitrogens with two attached hydrogens (primary N) is 1. The Labute approximate surface area is 113 Å². The molecule has 0 radical (unpaired) electrons. The van der Waals surface area contributed by atoms with Gasteiger partial charge in [0.25, 0.3) is 5.91 Å². The summed E-state index contributed by atoms with van der Waals surface area (Å²) in [6.07, 6.45) is 2.54. The topological polar surface area (TPSA) is 78.6 Å². The Balaban J connectivity index is 1.81. The molecule has 0 unspecified atom stereocenters. The molecule has 4 N–H and O–H groups in total. The fraction of sp³-hybridized carbons (Fsp3) is 0.500. The standard InChI is InChI=1S/C14H21N3O2/c1-2-17(11-4-5-11)8-7-16-14(19)10-3-6-12(15)13(18)9-10/h3,6,9,11,18H,2,4-5,7-8,15H2,1H3,(H,16,19). The number of benzene rings is 1. The van der Waals surface area contributed by atoms with Crippen LogP contribution in [0.4, 0.5) is 5.69 Å². The second kappa shape index (κ2) is 5.93. The molecule has 0 bridgehead atoms. The summed E-state index contributed by atoms with van der Waals surface area (Å²) >= 11 is 0. The number of nitrogen functional groups attached to an aromatic ring is 1. The van der Waals surface area contributed by atoms with E-state index in [1.54, 1.807) is 6.07 Å². The first-order valence-corrected chi connectivity index (χ1v) is 6.72. The number of hydrogen-bond acceptors (Lipinski definition) is 4. The number of phenolic OH excluding ortho intramolecular Hbond substituents is 1. The van der Waals surface area contributed by atoms with Gasteiger partial charge in [0.2, 0.25) is 0 Å². The maximum Gasteiger partial charge on any atom is 0.251 e. The number of phenols is 1. The summed E-state index contributed by atoms with van der Waals surface area (Å²) in [5.41, 5.74) is 6.21. The molecule has 1 amide bonds. The number of hydrogen-bond donors (Lipinski definition) is 3. The summed E-state index contributed by atoms with van der Waals surface area (Å²) in [5, 5.41) is 12.3. The minimum absolute atomic E-state index is 0.0548. The first kappa shape index (κ1) is 13.7. The zero-order chi connectivity index (χ0) is 13.8. The molecule has 1 aliphatic rings. The monoisotopic (exact) mass is 263 g/mol. The lowest BCUT2D eigenvalue weighted by molar-refractivity contribution is 0.0947. The van der Waals surface area contributed by atoms with Crippen LogP contribution < -0.4 is 11.1 Å². The van der Waals surface area contributed by atoms with Crippen molar-refractivity contribution in [3.05, 3.63) is 23.8 Å². The molecule has 1 aliphatic carbocycles. The average molecular weight is 263 g/mol. The quantitative estimate of drug-likeness (QED) is 0.532. The molecule has 0 spiro atoms. The van der Waals surface area contributed by atoms with E-state index >= 15 is 0 Å². The van der Waals surface area contributed by atoms with E-state index in [2.05, 4.69) is 17.1 Å². The van der Waals surface area contributed by atoms with Gasteiger partial charge in [0.05, 0.1) is 5.69 Å². The Bertz CT molecular complexity index is 458. The zero-order valence-corrected chi connectivity index (χ0v) is 11.2. The van der Waals surface area contributed by atoms with Crippen LogP contribution in [-0.4, -0.2) is 41.6 Å². The summed E-state index contributed by atoms with van der Waals surface area (Å²) in [7, 11) is 0. The van der Waals surface area contributed by atoms with Gasteiger partial charge in [0.1, 0.15) is 5.75 Å². The van der Waals surface area contributed by atoms with Crippen molar-refractivity contribution >= 4 is 11.6 Å². The van der Waals surface area contributed by atoms with Gasteiger partial charge in [-0.3, -0.25) is 9.69 Å². The number of nitrogens with zero attached hydrogens (tertiary/aromatic N) is 1. The second-order valence-electron chi connectivity index (χ2n) is 4.89. The Morgan fingerprint density at radius 3 is 2.84 bits per heavy atom. The lowest BCUT2D eigenvalue weighted by Gasteiger charge is -2.19. The van der Waals surface area contributed by atoms with Gasteiger partial charge in [0.15, 0.2) is 0 Å². The highest BCUT2D eigenvalue weighted by Crippen LogP contribution is 2.25. The van der Waals surface area contributed by atoms with Crippen molar-refractivity contribution in [1.29, 1.82) is 0 Å². The molecule has 5 heteroatoms. The number of aromatic hydroxyl groups is 1. The molecule has 0 aliphatic heterocycles. The van der Waals surface area contributed by atoms with Crippen LogP contribution in [-0.2, 0) is 0 Å². The van der Waals surface area contributed by atoms with Gasteiger partial charge < -0.3 is 16.2 Å². The number of nitrogens with one attached hydrogen (secondary N) is 1. The first-order chi connectivity index (χ1) is 9.11. The van der Waals surface area contributed by atoms with E-state index in [0.29, 0.717) is 18.2 Å². The van der Waals surface area contributed by atoms with Crippen LogP contribution in [0.5, 0.6) is 5.75 Å². The third-order valence-corrected chi connectivity index (χ3v) is 3.45. The van der Waals surface area contributed by atoms with Gasteiger partial charge in [-0.05, 0) is 37.6 Å². The fourth-order valence-electron chi connectivity index (χ4n) is 2.14. The molecule has 1 aromatic rings. The van der Waals surface area contributed by atoms with Crippen LogP contribution in [0, 0.1) is 0 Å². The normalized spacial score (nSPS) is 14.6. The van der Waals surface area contributed by atoms with Crippen LogP contribution >= 0.6 is 0 Å². The van der Waals surface area contributed by atoms with Gasteiger partial charge in [0, 0.05) is 24.7 Å². The van der Waals surface area contributed by atoms with Gasteiger partial charge in [-0.2, -0.15) is 0 Å². The molecular formula is C14H21N3O2. The van der Waals surface area contributed by atoms with Crippen molar-refractivity contribution in [2.45, 2.75) is 25.8 Å². The molecule has 19 heavy (non-hydrogen) atoms. The van der Waals surface area contributed by atoms with Gasteiger partial charge in [-0.25, -0.2) is 0 Å². The van der Waals surface area contributed by atoms with E-state index in [1.807, 2.05) is 0 Å². The smallest absolute Gasteiger partial charge is 0.251 e. The summed E-state index contributed by atoms with van der Waals surface area (Å²) in [4.78, 5) is 14.3. The SMILES string of the molecule is CCN(CCNC(=O)c1ccc(N)c(O)c1)C1CC1. The highest BCUT2D eigenvalue weighted by atomic mass is 16.3. The lowest BCUT2D eigenvalue weighted by Crippen LogP contribution is -2.36. The van der Waals surface area contributed by atoms with E-state index in [4.69, 9.17) is 5.73 Å². The van der Waals surface area contributed by atoms with Crippen LogP contribution in [0.15, 0.2) is 18.2 Å². The van der Waals surface area contributed by atoms with Crippen LogP contribution in [0.25, 0.3) is 0 Å². The molecule has 0 atom stereocenters. The summed E-state index contributed by atoms with van der Waals surface area (Å²) in [6.45, 7) is 4.64. The molecular weight excluding hydrogens is 242 g/mol. The minimum atomic E-state index is -0.179. The molecule has 2 rings (SSSR count). The van der Waals surface area contributed by atoms with Gasteiger partial charge in [-0.1, -0.05) is 6.92 Å². The van der Waals surface area contributed by atoms with Crippen molar-refractivity contribution < 1.29 is 9.90 Å².